The molecule has 2 aromatic heterocycles. The molecule has 50 heavy (non-hydrogen) atoms. The highest BCUT2D eigenvalue weighted by atomic mass is 31.2. The van der Waals surface area contributed by atoms with Gasteiger partial charge in [-0.1, -0.05) is 77.6 Å². The lowest BCUT2D eigenvalue weighted by molar-refractivity contribution is 0.262. The van der Waals surface area contributed by atoms with E-state index in [4.69, 9.17) is 9.84 Å². The maximum absolute atomic E-state index is 13.6. The molecular weight excluding hydrogens is 645 g/mol. The second-order valence-electron chi connectivity index (χ2n) is 12.6. The fourth-order valence-electron chi connectivity index (χ4n) is 5.35. The first-order chi connectivity index (χ1) is 24.0. The molecule has 3 N–H and O–H groups in total. The van der Waals surface area contributed by atoms with Crippen LogP contribution in [0, 0.1) is 0 Å². The van der Waals surface area contributed by atoms with Crippen LogP contribution in [-0.2, 0) is 9.98 Å². The Labute approximate surface area is 294 Å². The van der Waals surface area contributed by atoms with Crippen LogP contribution in [0.15, 0.2) is 97.7 Å². The third kappa shape index (κ3) is 8.21. The molecule has 0 aliphatic heterocycles. The fraction of sp³-hybridized carbons (Fsp3) is 0.231. The van der Waals surface area contributed by atoms with Crippen LogP contribution >= 0.6 is 7.14 Å². The zero-order valence-electron chi connectivity index (χ0n) is 29.4. The molecule has 0 aliphatic carbocycles. The Hall–Kier alpha value is -5.47. The summed E-state index contributed by atoms with van der Waals surface area (Å²) in [5, 5.41) is 14.8. The lowest BCUT2D eigenvalue weighted by Gasteiger charge is -2.17. The molecule has 2 amide bonds. The quantitative estimate of drug-likeness (QED) is 0.111. The molecule has 5 rings (SSSR count). The van der Waals surface area contributed by atoms with E-state index in [9.17, 15) is 9.36 Å². The maximum atomic E-state index is 13.6. The average molecular weight is 690 g/mol. The number of benzene rings is 3. The van der Waals surface area contributed by atoms with E-state index in [-0.39, 0.29) is 5.41 Å². The molecule has 0 radical (unpaired) electrons. The maximum Gasteiger partial charge on any atom is 0.324 e. The lowest BCUT2D eigenvalue weighted by atomic mass is 9.92. The van der Waals surface area contributed by atoms with Gasteiger partial charge in [0.1, 0.15) is 18.7 Å². The largest absolute Gasteiger partial charge is 0.438 e. The summed E-state index contributed by atoms with van der Waals surface area (Å²) in [7, 11) is -2.44. The Balaban J connectivity index is 1.40. The number of nitrogens with zero attached hydrogens (tertiary/aromatic N) is 4. The first-order valence-electron chi connectivity index (χ1n) is 16.6. The van der Waals surface area contributed by atoms with Gasteiger partial charge in [-0.25, -0.2) is 14.5 Å². The van der Waals surface area contributed by atoms with Crippen molar-refractivity contribution in [2.24, 2.45) is 0 Å². The van der Waals surface area contributed by atoms with Gasteiger partial charge >= 0.3 is 6.03 Å². The van der Waals surface area contributed by atoms with Crippen LogP contribution in [0.25, 0.3) is 17.8 Å². The van der Waals surface area contributed by atoms with Crippen LogP contribution in [-0.4, -0.2) is 38.1 Å². The molecule has 10 nitrogen and oxygen atoms in total. The first kappa shape index (κ1) is 35.8. The minimum Gasteiger partial charge on any atom is -0.438 e. The van der Waals surface area contributed by atoms with Gasteiger partial charge in [0.15, 0.2) is 0 Å². The molecule has 0 bridgehead atoms. The molecule has 0 saturated carbocycles. The number of hydrogen-bond acceptors (Lipinski definition) is 7. The van der Waals surface area contributed by atoms with Gasteiger partial charge in [-0.3, -0.25) is 5.32 Å². The van der Waals surface area contributed by atoms with Crippen molar-refractivity contribution in [1.82, 2.24) is 19.7 Å². The van der Waals surface area contributed by atoms with Crippen molar-refractivity contribution in [3.8, 4) is 17.3 Å². The SMILES string of the molecule is C=Cc1c(NC(=O)Nc2cc(C(C)(C)C)nn2-c2ccc(P(=O)(CC)CC)cc2)ccc(Oc2ccnc(Nc3ccccc3)n2)c1/C=C\C. The van der Waals surface area contributed by atoms with Crippen molar-refractivity contribution in [2.75, 3.05) is 28.3 Å². The highest BCUT2D eigenvalue weighted by molar-refractivity contribution is 7.71. The van der Waals surface area contributed by atoms with Gasteiger partial charge in [0.2, 0.25) is 11.8 Å². The van der Waals surface area contributed by atoms with Gasteiger partial charge < -0.3 is 19.9 Å². The Morgan fingerprint density at radius 1 is 0.960 bits per heavy atom. The van der Waals surface area contributed by atoms with Gasteiger partial charge in [-0.05, 0) is 55.5 Å². The molecular formula is C39H44N7O3P. The van der Waals surface area contributed by atoms with Crippen LogP contribution in [0.5, 0.6) is 11.6 Å². The Kier molecular flexibility index (Phi) is 11.0. The third-order valence-corrected chi connectivity index (χ3v) is 11.5. The zero-order valence-corrected chi connectivity index (χ0v) is 30.3. The minimum absolute atomic E-state index is 0.270. The number of carbonyl (C=O) groups is 1. The number of ether oxygens (including phenoxy) is 1. The van der Waals surface area contributed by atoms with Gasteiger partial charge in [-0.15, -0.1) is 0 Å². The normalized spacial score (nSPS) is 11.7. The number of anilines is 4. The summed E-state index contributed by atoms with van der Waals surface area (Å²) < 4.78 is 21.2. The van der Waals surface area contributed by atoms with Crippen molar-refractivity contribution < 1.29 is 14.1 Å². The van der Waals surface area contributed by atoms with E-state index in [0.29, 0.717) is 52.5 Å². The number of amides is 2. The molecule has 3 aromatic carbocycles. The van der Waals surface area contributed by atoms with Gasteiger partial charge in [0.25, 0.3) is 0 Å². The van der Waals surface area contributed by atoms with Crippen molar-refractivity contribution in [3.63, 3.8) is 0 Å². The molecule has 5 aromatic rings. The zero-order chi connectivity index (χ0) is 35.9. The summed E-state index contributed by atoms with van der Waals surface area (Å²) in [5.41, 5.74) is 4.06. The minimum atomic E-state index is -2.44. The molecule has 0 unspecified atom stereocenters. The Morgan fingerprint density at radius 2 is 1.68 bits per heavy atom. The Morgan fingerprint density at radius 3 is 2.32 bits per heavy atom. The molecule has 0 fully saturated rings. The first-order valence-corrected chi connectivity index (χ1v) is 18.7. The lowest BCUT2D eigenvalue weighted by Crippen LogP contribution is -2.22. The summed E-state index contributed by atoms with van der Waals surface area (Å²) >= 11 is 0. The molecule has 0 atom stereocenters. The number of nitrogens with one attached hydrogen (secondary N) is 3. The van der Waals surface area contributed by atoms with E-state index in [1.165, 1.54) is 0 Å². The van der Waals surface area contributed by atoms with Crippen LogP contribution in [0.4, 0.5) is 27.9 Å². The monoisotopic (exact) mass is 689 g/mol. The number of rotatable bonds is 12. The summed E-state index contributed by atoms with van der Waals surface area (Å²) in [6, 6.07) is 23.9. The van der Waals surface area contributed by atoms with Crippen molar-refractivity contribution in [2.45, 2.75) is 47.0 Å². The van der Waals surface area contributed by atoms with E-state index >= 15 is 0 Å². The number of allylic oxidation sites excluding steroid dienone is 1. The molecule has 258 valence electrons. The second-order valence-corrected chi connectivity index (χ2v) is 16.2. The number of carbonyl (C=O) groups excluding carboxylic acids is 1. The van der Waals surface area contributed by atoms with Crippen LogP contribution in [0.2, 0.25) is 0 Å². The average Bonchev–Trinajstić information content (AvgIpc) is 3.54. The second kappa shape index (κ2) is 15.4. The van der Waals surface area contributed by atoms with Crippen molar-refractivity contribution in [3.05, 3.63) is 115 Å². The molecule has 2 heterocycles. The standard InChI is InChI=1S/C39H44N7O3P/c1-8-15-31-30(9-2)32(22-23-33(31)49-36-24-25-40-37(44-36)41-27-16-13-12-14-17-27)42-38(47)43-35-26-34(39(5,6)7)45-46(35)28-18-20-29(21-19-28)50(48,10-3)11-4/h8-9,12-26H,2,10-11H2,1,3-7H3,(H,40,41,44)(H2,42,43,47)/b15-8-. The molecule has 0 saturated heterocycles. The number of para-hydroxylation sites is 1. The number of aromatic nitrogens is 4. The van der Waals surface area contributed by atoms with Crippen LogP contribution in [0.1, 0.15) is 58.4 Å². The van der Waals surface area contributed by atoms with Crippen molar-refractivity contribution in [1.29, 1.82) is 0 Å². The Bertz CT molecular complexity index is 2040. The summed E-state index contributed by atoms with van der Waals surface area (Å²) in [4.78, 5) is 22.4. The van der Waals surface area contributed by atoms with E-state index in [0.717, 1.165) is 22.4 Å². The third-order valence-electron chi connectivity index (χ3n) is 8.21. The fourth-order valence-corrected chi connectivity index (χ4v) is 7.22. The smallest absolute Gasteiger partial charge is 0.324 e. The topological polar surface area (TPSA) is 123 Å². The molecule has 11 heteroatoms. The van der Waals surface area contributed by atoms with E-state index in [1.807, 2.05) is 93.6 Å². The highest BCUT2D eigenvalue weighted by Gasteiger charge is 2.24. The summed E-state index contributed by atoms with van der Waals surface area (Å²) in [6.45, 7) is 16.0. The van der Waals surface area contributed by atoms with E-state index in [2.05, 4.69) is 53.3 Å². The van der Waals surface area contributed by atoms with Gasteiger partial charge in [0.05, 0.1) is 17.1 Å². The molecule has 0 spiro atoms. The van der Waals surface area contributed by atoms with E-state index in [1.54, 1.807) is 35.2 Å². The van der Waals surface area contributed by atoms with Gasteiger partial charge in [-0.2, -0.15) is 10.1 Å². The number of urea groups is 1. The van der Waals surface area contributed by atoms with E-state index < -0.39 is 13.2 Å². The molecule has 0 aliphatic rings. The van der Waals surface area contributed by atoms with Crippen LogP contribution in [0.3, 0.4) is 0 Å². The summed E-state index contributed by atoms with van der Waals surface area (Å²) in [6.07, 6.45) is 8.29. The predicted molar refractivity (Wildman–Crippen MR) is 206 cm³/mol. The van der Waals surface area contributed by atoms with Crippen molar-refractivity contribution >= 4 is 53.8 Å². The van der Waals surface area contributed by atoms with Crippen LogP contribution < -0.4 is 26.0 Å². The summed E-state index contributed by atoms with van der Waals surface area (Å²) in [5.74, 6) is 1.76. The number of hydrogen-bond donors (Lipinski definition) is 3. The predicted octanol–water partition coefficient (Wildman–Crippen LogP) is 9.84. The highest BCUT2D eigenvalue weighted by Crippen LogP contribution is 2.43. The van der Waals surface area contributed by atoms with Gasteiger partial charge in [0, 0.05) is 58.2 Å².